The number of aromatic nitrogens is 1. The van der Waals surface area contributed by atoms with Crippen molar-refractivity contribution in [2.75, 3.05) is 11.5 Å². The predicted molar refractivity (Wildman–Crippen MR) is 127 cm³/mol. The summed E-state index contributed by atoms with van der Waals surface area (Å²) in [6.45, 7) is 2.43. The Morgan fingerprint density at radius 3 is 2.78 bits per heavy atom. The van der Waals surface area contributed by atoms with Gasteiger partial charge in [0.05, 0.1) is 24.0 Å². The van der Waals surface area contributed by atoms with E-state index in [1.165, 1.54) is 4.90 Å². The van der Waals surface area contributed by atoms with Gasteiger partial charge < -0.3 is 10.5 Å². The lowest BCUT2D eigenvalue weighted by Gasteiger charge is -2.15. The molecule has 3 aromatic rings. The van der Waals surface area contributed by atoms with Crippen molar-refractivity contribution < 1.29 is 14.3 Å². The number of carbonyl (C=O) groups excluding carboxylic acids is 2. The van der Waals surface area contributed by atoms with E-state index in [1.54, 1.807) is 36.7 Å². The summed E-state index contributed by atoms with van der Waals surface area (Å²) in [6.07, 6.45) is 3.33. The number of carbonyl (C=O) groups is 2. The lowest BCUT2D eigenvalue weighted by molar-refractivity contribution is -0.121. The molecule has 0 spiro atoms. The molecule has 4 rings (SSSR count). The Morgan fingerprint density at radius 1 is 1.22 bits per heavy atom. The Bertz CT molecular complexity index is 1200. The van der Waals surface area contributed by atoms with Crippen molar-refractivity contribution in [3.05, 3.63) is 66.4 Å². The zero-order chi connectivity index (χ0) is 22.5. The van der Waals surface area contributed by atoms with E-state index in [0.717, 1.165) is 28.2 Å². The molecular weight excluding hydrogens is 426 g/mol. The molecule has 8 nitrogen and oxygen atoms in total. The van der Waals surface area contributed by atoms with E-state index in [4.69, 9.17) is 10.5 Å². The highest BCUT2D eigenvalue weighted by Gasteiger charge is 2.40. The van der Waals surface area contributed by atoms with Gasteiger partial charge in [-0.15, -0.1) is 5.10 Å². The predicted octanol–water partition coefficient (Wildman–Crippen LogP) is 3.35. The first kappa shape index (κ1) is 21.5. The number of thioether (sulfide) groups is 1. The number of rotatable bonds is 6. The van der Waals surface area contributed by atoms with Crippen LogP contribution in [0.4, 0.5) is 5.69 Å². The summed E-state index contributed by atoms with van der Waals surface area (Å²) in [4.78, 5) is 30.7. The molecule has 9 heteroatoms. The first-order valence-corrected chi connectivity index (χ1v) is 10.9. The second-order valence-corrected chi connectivity index (χ2v) is 8.13. The fourth-order valence-corrected chi connectivity index (χ4v) is 4.19. The number of nitrogens with two attached hydrogens (primary N) is 1. The summed E-state index contributed by atoms with van der Waals surface area (Å²) in [7, 11) is 0. The summed E-state index contributed by atoms with van der Waals surface area (Å²) in [5, 5.41) is 8.45. The molecule has 0 aliphatic carbocycles. The highest BCUT2D eigenvalue weighted by molar-refractivity contribution is 8.14. The largest absolute Gasteiger partial charge is 0.494 e. The van der Waals surface area contributed by atoms with Crippen molar-refractivity contribution in [3.63, 3.8) is 0 Å². The minimum absolute atomic E-state index is 0.0473. The van der Waals surface area contributed by atoms with Gasteiger partial charge in [0.2, 0.25) is 11.8 Å². The molecule has 1 aliphatic rings. The molecule has 1 aliphatic heterocycles. The van der Waals surface area contributed by atoms with Crippen LogP contribution >= 0.6 is 11.8 Å². The average Bonchev–Trinajstić information content (AvgIpc) is 3.07. The normalized spacial score (nSPS) is 17.0. The molecule has 2 aromatic carbocycles. The Kier molecular flexibility index (Phi) is 6.46. The SMILES string of the molecule is CCOc1ccc(N2C(=O)CC(S/C(N)=N/N=C/c3ccnc4ccccc34)C2=O)cc1. The van der Waals surface area contributed by atoms with Gasteiger partial charge in [0, 0.05) is 23.6 Å². The molecule has 0 saturated carbocycles. The quantitative estimate of drug-likeness (QED) is 0.269. The molecule has 1 aromatic heterocycles. The van der Waals surface area contributed by atoms with Gasteiger partial charge in [-0.2, -0.15) is 5.10 Å². The molecule has 1 unspecified atom stereocenters. The minimum Gasteiger partial charge on any atom is -0.494 e. The van der Waals surface area contributed by atoms with Crippen molar-refractivity contribution in [2.24, 2.45) is 15.9 Å². The molecule has 2 N–H and O–H groups in total. The number of para-hydroxylation sites is 1. The van der Waals surface area contributed by atoms with E-state index in [-0.39, 0.29) is 23.4 Å². The van der Waals surface area contributed by atoms with Crippen LogP contribution in [0.15, 0.2) is 71.0 Å². The number of anilines is 1. The Morgan fingerprint density at radius 2 is 2.00 bits per heavy atom. The number of amides is 2. The molecular formula is C23H21N5O3S. The van der Waals surface area contributed by atoms with Crippen LogP contribution in [-0.2, 0) is 9.59 Å². The van der Waals surface area contributed by atoms with Crippen LogP contribution in [0.2, 0.25) is 0 Å². The molecule has 0 radical (unpaired) electrons. The lowest BCUT2D eigenvalue weighted by atomic mass is 10.1. The van der Waals surface area contributed by atoms with Crippen LogP contribution in [0, 0.1) is 0 Å². The van der Waals surface area contributed by atoms with Crippen LogP contribution in [0.25, 0.3) is 10.9 Å². The van der Waals surface area contributed by atoms with Gasteiger partial charge in [-0.05, 0) is 43.3 Å². The van der Waals surface area contributed by atoms with Gasteiger partial charge in [0.15, 0.2) is 5.17 Å². The maximum absolute atomic E-state index is 12.8. The maximum atomic E-state index is 12.8. The monoisotopic (exact) mass is 447 g/mol. The zero-order valence-electron chi connectivity index (χ0n) is 17.3. The minimum atomic E-state index is -0.644. The standard InChI is InChI=1S/C23H21N5O3S/c1-2-31-17-9-7-16(8-10-17)28-21(29)13-20(22(28)30)32-23(24)27-26-14-15-11-12-25-19-6-4-3-5-18(15)19/h3-12,14,20H,2,13H2,1H3,(H2,24,27)/b26-14+. The number of hydrogen-bond acceptors (Lipinski definition) is 7. The highest BCUT2D eigenvalue weighted by Crippen LogP contribution is 2.30. The van der Waals surface area contributed by atoms with E-state index in [1.807, 2.05) is 37.3 Å². The van der Waals surface area contributed by atoms with E-state index in [0.29, 0.717) is 18.0 Å². The van der Waals surface area contributed by atoms with E-state index in [2.05, 4.69) is 15.2 Å². The van der Waals surface area contributed by atoms with Crippen LogP contribution in [-0.4, -0.2) is 40.0 Å². The summed E-state index contributed by atoms with van der Waals surface area (Å²) in [5.74, 6) is 0.0696. The third-order valence-corrected chi connectivity index (χ3v) is 5.79. The van der Waals surface area contributed by atoms with Crippen LogP contribution < -0.4 is 15.4 Å². The van der Waals surface area contributed by atoms with Gasteiger partial charge in [-0.25, -0.2) is 4.90 Å². The maximum Gasteiger partial charge on any atom is 0.247 e. The van der Waals surface area contributed by atoms with Crippen molar-refractivity contribution in [1.29, 1.82) is 0 Å². The number of nitrogens with zero attached hydrogens (tertiary/aromatic N) is 4. The summed E-state index contributed by atoms with van der Waals surface area (Å²) in [5.41, 5.74) is 8.17. The topological polar surface area (TPSA) is 110 Å². The smallest absolute Gasteiger partial charge is 0.247 e. The van der Waals surface area contributed by atoms with Gasteiger partial charge >= 0.3 is 0 Å². The molecule has 162 valence electrons. The number of amidine groups is 1. The fraction of sp³-hybridized carbons (Fsp3) is 0.174. The Balaban J connectivity index is 1.43. The Labute approximate surface area is 189 Å². The summed E-state index contributed by atoms with van der Waals surface area (Å²) < 4.78 is 5.40. The summed E-state index contributed by atoms with van der Waals surface area (Å²) in [6, 6.07) is 16.4. The second kappa shape index (κ2) is 9.61. The lowest BCUT2D eigenvalue weighted by Crippen LogP contribution is -2.31. The molecule has 2 heterocycles. The molecule has 1 atom stereocenters. The highest BCUT2D eigenvalue weighted by atomic mass is 32.2. The molecule has 1 fully saturated rings. The third kappa shape index (κ3) is 4.62. The van der Waals surface area contributed by atoms with E-state index < -0.39 is 5.25 Å². The van der Waals surface area contributed by atoms with Crippen LogP contribution in [0.5, 0.6) is 5.75 Å². The Hall–Kier alpha value is -3.72. The molecule has 1 saturated heterocycles. The van der Waals surface area contributed by atoms with Gasteiger partial charge in [-0.1, -0.05) is 30.0 Å². The average molecular weight is 448 g/mol. The first-order chi connectivity index (χ1) is 15.6. The van der Waals surface area contributed by atoms with Crippen molar-refractivity contribution in [3.8, 4) is 5.75 Å². The molecule has 0 bridgehead atoms. The van der Waals surface area contributed by atoms with Crippen LogP contribution in [0.1, 0.15) is 18.9 Å². The molecule has 32 heavy (non-hydrogen) atoms. The zero-order valence-corrected chi connectivity index (χ0v) is 18.2. The van der Waals surface area contributed by atoms with E-state index in [9.17, 15) is 9.59 Å². The second-order valence-electron chi connectivity index (χ2n) is 6.91. The van der Waals surface area contributed by atoms with Gasteiger partial charge in [0.1, 0.15) is 11.0 Å². The van der Waals surface area contributed by atoms with Gasteiger partial charge in [-0.3, -0.25) is 14.6 Å². The number of ether oxygens (including phenoxy) is 1. The number of hydrogen-bond donors (Lipinski definition) is 1. The number of fused-ring (bicyclic) bond motifs is 1. The first-order valence-electron chi connectivity index (χ1n) is 10.0. The van der Waals surface area contributed by atoms with Crippen molar-refractivity contribution >= 4 is 51.5 Å². The summed E-state index contributed by atoms with van der Waals surface area (Å²) >= 11 is 1.03. The third-order valence-electron chi connectivity index (χ3n) is 4.81. The molecule has 2 amide bonds. The number of pyridine rings is 1. The fourth-order valence-electron chi connectivity index (χ4n) is 3.37. The van der Waals surface area contributed by atoms with Gasteiger partial charge in [0.25, 0.3) is 0 Å². The number of imide groups is 1. The van der Waals surface area contributed by atoms with Crippen LogP contribution in [0.3, 0.4) is 0 Å². The van der Waals surface area contributed by atoms with Crippen molar-refractivity contribution in [2.45, 2.75) is 18.6 Å². The van der Waals surface area contributed by atoms with E-state index >= 15 is 0 Å². The van der Waals surface area contributed by atoms with Crippen molar-refractivity contribution in [1.82, 2.24) is 4.98 Å². The number of benzene rings is 2.